The van der Waals surface area contributed by atoms with E-state index in [0.717, 1.165) is 16.9 Å². The van der Waals surface area contributed by atoms with Gasteiger partial charge in [0.15, 0.2) is 0 Å². The molecule has 1 aromatic heterocycles. The lowest BCUT2D eigenvalue weighted by atomic mass is 10.1. The highest BCUT2D eigenvalue weighted by atomic mass is 32.1. The molecule has 0 fully saturated rings. The number of benzene rings is 1. The van der Waals surface area contributed by atoms with Gasteiger partial charge in [-0.05, 0) is 56.2 Å². The van der Waals surface area contributed by atoms with Crippen LogP contribution in [0.4, 0.5) is 11.5 Å². The van der Waals surface area contributed by atoms with E-state index in [2.05, 4.69) is 42.3 Å². The second-order valence-corrected chi connectivity index (χ2v) is 5.15. The number of anilines is 2. The third-order valence-corrected chi connectivity index (χ3v) is 3.00. The highest BCUT2D eigenvalue weighted by Crippen LogP contribution is 2.21. The lowest BCUT2D eigenvalue weighted by Crippen LogP contribution is -2.13. The number of rotatable bonds is 3. The van der Waals surface area contributed by atoms with Gasteiger partial charge in [0, 0.05) is 11.4 Å². The number of hydrogen-bond donors (Lipinski definition) is 2. The largest absolute Gasteiger partial charge is 0.389 e. The highest BCUT2D eigenvalue weighted by molar-refractivity contribution is 7.80. The number of nitrogens with two attached hydrogens (primary N) is 1. The number of thiocarbonyl (C=S) groups is 1. The van der Waals surface area contributed by atoms with Crippen molar-refractivity contribution in [2.45, 2.75) is 20.8 Å². The SMILES string of the molecule is Cc1cc(C)cc(Nc2nc(C)ccc2C(N)=S)c1. The van der Waals surface area contributed by atoms with Crippen LogP contribution in [-0.4, -0.2) is 9.97 Å². The number of pyridine rings is 1. The molecule has 0 saturated carbocycles. The minimum Gasteiger partial charge on any atom is -0.389 e. The molecule has 1 aromatic carbocycles. The van der Waals surface area contributed by atoms with Gasteiger partial charge in [-0.1, -0.05) is 18.3 Å². The van der Waals surface area contributed by atoms with E-state index in [1.807, 2.05) is 19.1 Å². The molecule has 0 spiro atoms. The summed E-state index contributed by atoms with van der Waals surface area (Å²) in [5.41, 5.74) is 10.8. The van der Waals surface area contributed by atoms with E-state index < -0.39 is 0 Å². The minimum absolute atomic E-state index is 0.347. The summed E-state index contributed by atoms with van der Waals surface area (Å²) in [7, 11) is 0. The van der Waals surface area contributed by atoms with Crippen LogP contribution in [0.5, 0.6) is 0 Å². The zero-order chi connectivity index (χ0) is 14.0. The minimum atomic E-state index is 0.347. The molecule has 0 radical (unpaired) electrons. The maximum atomic E-state index is 5.73. The number of hydrogen-bond acceptors (Lipinski definition) is 3. The van der Waals surface area contributed by atoms with Gasteiger partial charge in [0.05, 0.1) is 5.56 Å². The predicted molar refractivity (Wildman–Crippen MR) is 84.1 cm³/mol. The van der Waals surface area contributed by atoms with Crippen LogP contribution in [0.1, 0.15) is 22.4 Å². The Balaban J connectivity index is 2.42. The van der Waals surface area contributed by atoms with Crippen LogP contribution >= 0.6 is 12.2 Å². The van der Waals surface area contributed by atoms with E-state index in [0.29, 0.717) is 10.8 Å². The molecule has 0 amide bonds. The van der Waals surface area contributed by atoms with Crippen molar-refractivity contribution in [3.05, 3.63) is 52.7 Å². The first-order valence-corrected chi connectivity index (χ1v) is 6.49. The van der Waals surface area contributed by atoms with Crippen molar-refractivity contribution in [1.29, 1.82) is 0 Å². The average molecular weight is 271 g/mol. The molecule has 0 aliphatic rings. The first-order valence-electron chi connectivity index (χ1n) is 6.08. The lowest BCUT2D eigenvalue weighted by molar-refractivity contribution is 1.19. The molecule has 0 unspecified atom stereocenters. The van der Waals surface area contributed by atoms with Gasteiger partial charge in [0.1, 0.15) is 10.8 Å². The normalized spacial score (nSPS) is 10.3. The fourth-order valence-electron chi connectivity index (χ4n) is 2.03. The first-order chi connectivity index (χ1) is 8.95. The van der Waals surface area contributed by atoms with Crippen LogP contribution in [-0.2, 0) is 0 Å². The standard InChI is InChI=1S/C15H17N3S/c1-9-6-10(2)8-12(7-9)18-15-13(14(16)19)5-4-11(3)17-15/h4-8H,1-3H3,(H2,16,19)(H,17,18). The van der Waals surface area contributed by atoms with Crippen molar-refractivity contribution in [1.82, 2.24) is 4.98 Å². The predicted octanol–water partition coefficient (Wildman–Crippen LogP) is 3.38. The highest BCUT2D eigenvalue weighted by Gasteiger charge is 2.08. The summed E-state index contributed by atoms with van der Waals surface area (Å²) in [6, 6.07) is 10.1. The van der Waals surface area contributed by atoms with E-state index in [9.17, 15) is 0 Å². The van der Waals surface area contributed by atoms with E-state index in [1.165, 1.54) is 11.1 Å². The van der Waals surface area contributed by atoms with Gasteiger partial charge in [0.2, 0.25) is 0 Å². The Bertz CT molecular complexity index is 615. The lowest BCUT2D eigenvalue weighted by Gasteiger charge is -2.12. The van der Waals surface area contributed by atoms with Crippen molar-refractivity contribution in [3.8, 4) is 0 Å². The summed E-state index contributed by atoms with van der Waals surface area (Å²) in [6.45, 7) is 6.07. The Labute approximate surface area is 118 Å². The van der Waals surface area contributed by atoms with E-state index in [4.69, 9.17) is 18.0 Å². The third-order valence-electron chi connectivity index (χ3n) is 2.78. The molecule has 3 nitrogen and oxygen atoms in total. The summed E-state index contributed by atoms with van der Waals surface area (Å²) in [5, 5.41) is 3.30. The van der Waals surface area contributed by atoms with Gasteiger partial charge in [-0.15, -0.1) is 0 Å². The molecule has 0 bridgehead atoms. The molecular formula is C15H17N3S. The fraction of sp³-hybridized carbons (Fsp3) is 0.200. The Morgan fingerprint density at radius 3 is 2.32 bits per heavy atom. The molecule has 2 rings (SSSR count). The maximum Gasteiger partial charge on any atom is 0.140 e. The number of aromatic nitrogens is 1. The Morgan fingerprint density at radius 2 is 1.74 bits per heavy atom. The quantitative estimate of drug-likeness (QED) is 0.840. The van der Waals surface area contributed by atoms with Crippen molar-refractivity contribution in [3.63, 3.8) is 0 Å². The Kier molecular flexibility index (Phi) is 3.81. The topological polar surface area (TPSA) is 50.9 Å². The molecule has 1 heterocycles. The van der Waals surface area contributed by atoms with Gasteiger partial charge < -0.3 is 11.1 Å². The summed E-state index contributed by atoms with van der Waals surface area (Å²) in [5.74, 6) is 0.706. The molecule has 0 saturated heterocycles. The molecule has 0 atom stereocenters. The van der Waals surface area contributed by atoms with Crippen LogP contribution in [0.2, 0.25) is 0 Å². The number of aryl methyl sites for hydroxylation is 3. The van der Waals surface area contributed by atoms with Gasteiger partial charge in [-0.3, -0.25) is 0 Å². The van der Waals surface area contributed by atoms with Gasteiger partial charge in [0.25, 0.3) is 0 Å². The van der Waals surface area contributed by atoms with Gasteiger partial charge in [-0.2, -0.15) is 0 Å². The first kappa shape index (κ1) is 13.5. The van der Waals surface area contributed by atoms with Crippen molar-refractivity contribution in [2.75, 3.05) is 5.32 Å². The summed E-state index contributed by atoms with van der Waals surface area (Å²) >= 11 is 5.06. The molecule has 98 valence electrons. The Morgan fingerprint density at radius 1 is 1.11 bits per heavy atom. The molecular weight excluding hydrogens is 254 g/mol. The third kappa shape index (κ3) is 3.29. The second kappa shape index (κ2) is 5.36. The second-order valence-electron chi connectivity index (χ2n) is 4.71. The zero-order valence-electron chi connectivity index (χ0n) is 11.3. The smallest absolute Gasteiger partial charge is 0.140 e. The van der Waals surface area contributed by atoms with E-state index >= 15 is 0 Å². The molecule has 19 heavy (non-hydrogen) atoms. The van der Waals surface area contributed by atoms with Crippen molar-refractivity contribution < 1.29 is 0 Å². The van der Waals surface area contributed by atoms with Crippen molar-refractivity contribution in [2.24, 2.45) is 5.73 Å². The van der Waals surface area contributed by atoms with Crippen LogP contribution in [0.15, 0.2) is 30.3 Å². The average Bonchev–Trinajstić information content (AvgIpc) is 2.26. The zero-order valence-corrected chi connectivity index (χ0v) is 12.1. The summed E-state index contributed by atoms with van der Waals surface area (Å²) < 4.78 is 0. The molecule has 0 aliphatic heterocycles. The molecule has 2 aromatic rings. The van der Waals surface area contributed by atoms with Gasteiger partial charge in [-0.25, -0.2) is 4.98 Å². The fourth-order valence-corrected chi connectivity index (χ4v) is 2.20. The molecule has 3 N–H and O–H groups in total. The van der Waals surface area contributed by atoms with Crippen LogP contribution in [0.25, 0.3) is 0 Å². The summed E-state index contributed by atoms with van der Waals surface area (Å²) in [4.78, 5) is 4.82. The van der Waals surface area contributed by atoms with Crippen LogP contribution in [0.3, 0.4) is 0 Å². The van der Waals surface area contributed by atoms with Crippen LogP contribution in [0, 0.1) is 20.8 Å². The molecule has 0 aliphatic carbocycles. The number of nitrogens with zero attached hydrogens (tertiary/aromatic N) is 1. The monoisotopic (exact) mass is 271 g/mol. The number of nitrogens with one attached hydrogen (secondary N) is 1. The van der Waals surface area contributed by atoms with E-state index in [-0.39, 0.29) is 0 Å². The van der Waals surface area contributed by atoms with Crippen molar-refractivity contribution >= 4 is 28.7 Å². The van der Waals surface area contributed by atoms with E-state index in [1.54, 1.807) is 0 Å². The summed E-state index contributed by atoms with van der Waals surface area (Å²) in [6.07, 6.45) is 0. The van der Waals surface area contributed by atoms with Crippen LogP contribution < -0.4 is 11.1 Å². The van der Waals surface area contributed by atoms with Gasteiger partial charge >= 0.3 is 0 Å². The maximum absolute atomic E-state index is 5.73. The molecule has 4 heteroatoms. The Hall–Kier alpha value is -1.94.